The Labute approximate surface area is 233 Å². The molecule has 0 aliphatic rings. The summed E-state index contributed by atoms with van der Waals surface area (Å²) in [6, 6.07) is 42.9. The van der Waals surface area contributed by atoms with E-state index in [9.17, 15) is 0 Å². The Balaban J connectivity index is 0.000000136. The molecule has 0 saturated carbocycles. The largest absolute Gasteiger partial charge is 0.476 e. The Kier molecular flexibility index (Phi) is 6.43. The van der Waals surface area contributed by atoms with Crippen molar-refractivity contribution < 1.29 is 24.5 Å². The van der Waals surface area contributed by atoms with Crippen LogP contribution >= 0.6 is 0 Å². The molecule has 0 saturated heterocycles. The fourth-order valence-electron chi connectivity index (χ4n) is 4.95. The summed E-state index contributed by atoms with van der Waals surface area (Å²) in [5, 5.41) is 5.73. The van der Waals surface area contributed by atoms with E-state index in [1.54, 1.807) is 0 Å². The summed E-state index contributed by atoms with van der Waals surface area (Å²) in [7, 11) is 0. The van der Waals surface area contributed by atoms with Crippen molar-refractivity contribution in [2.45, 2.75) is 0 Å². The van der Waals surface area contributed by atoms with E-state index in [2.05, 4.69) is 52.4 Å². The van der Waals surface area contributed by atoms with Crippen LogP contribution in [0.25, 0.3) is 66.0 Å². The van der Waals surface area contributed by atoms with E-state index < -0.39 is 0 Å². The van der Waals surface area contributed by atoms with E-state index in [1.807, 2.05) is 91.3 Å². The molecular formula is C34H20IrN2O-2. The number of aromatic nitrogens is 2. The molecule has 0 atom stereocenters. The number of hydrogen-bond acceptors (Lipinski definition) is 3. The number of benzene rings is 5. The van der Waals surface area contributed by atoms with Crippen LogP contribution in [0.15, 0.2) is 126 Å². The van der Waals surface area contributed by atoms with Gasteiger partial charge in [0.1, 0.15) is 5.58 Å². The van der Waals surface area contributed by atoms with Crippen LogP contribution in [0.4, 0.5) is 0 Å². The third-order valence-electron chi connectivity index (χ3n) is 6.65. The molecule has 0 N–H and O–H groups in total. The van der Waals surface area contributed by atoms with E-state index in [-0.39, 0.29) is 20.1 Å². The fourth-order valence-corrected chi connectivity index (χ4v) is 4.95. The zero-order chi connectivity index (χ0) is 24.6. The number of fused-ring (bicyclic) bond motifs is 3. The Morgan fingerprint density at radius 2 is 1.42 bits per heavy atom. The molecule has 3 nitrogen and oxygen atoms in total. The fraction of sp³-hybridized carbons (Fsp3) is 0. The maximum atomic E-state index is 5.94. The van der Waals surface area contributed by atoms with E-state index in [0.717, 1.165) is 49.7 Å². The van der Waals surface area contributed by atoms with Crippen molar-refractivity contribution in [3.8, 4) is 22.4 Å². The van der Waals surface area contributed by atoms with E-state index >= 15 is 0 Å². The summed E-state index contributed by atoms with van der Waals surface area (Å²) in [5.41, 5.74) is 7.14. The zero-order valence-corrected chi connectivity index (χ0v) is 22.6. The normalized spacial score (nSPS) is 10.9. The van der Waals surface area contributed by atoms with Gasteiger partial charge in [-0.15, -0.1) is 53.4 Å². The maximum absolute atomic E-state index is 5.94. The molecule has 0 spiro atoms. The Morgan fingerprint density at radius 1 is 0.579 bits per heavy atom. The van der Waals surface area contributed by atoms with Crippen LogP contribution < -0.4 is 0 Å². The Morgan fingerprint density at radius 3 is 2.24 bits per heavy atom. The van der Waals surface area contributed by atoms with Crippen LogP contribution in [0, 0.1) is 12.1 Å². The van der Waals surface area contributed by atoms with Gasteiger partial charge in [-0.1, -0.05) is 72.1 Å². The first-order chi connectivity index (χ1) is 18.4. The molecule has 0 aliphatic heterocycles. The molecule has 5 aromatic carbocycles. The van der Waals surface area contributed by atoms with Crippen molar-refractivity contribution in [3.63, 3.8) is 0 Å². The SMILES string of the molecule is [Ir].[c-]1ccc2oc3cccc4c5cccnc5c1c2c34.[c-]1ccccc1-c1ccc(-c2ccccc2)cn1. The van der Waals surface area contributed by atoms with Crippen LogP contribution in [0.1, 0.15) is 0 Å². The van der Waals surface area contributed by atoms with Gasteiger partial charge < -0.3 is 14.4 Å². The summed E-state index contributed by atoms with van der Waals surface area (Å²) >= 11 is 0. The van der Waals surface area contributed by atoms with Crippen molar-refractivity contribution >= 4 is 43.6 Å². The van der Waals surface area contributed by atoms with Gasteiger partial charge in [-0.2, -0.15) is 0 Å². The molecule has 0 fully saturated rings. The first-order valence-corrected chi connectivity index (χ1v) is 12.2. The van der Waals surface area contributed by atoms with Gasteiger partial charge in [0.25, 0.3) is 0 Å². The van der Waals surface area contributed by atoms with Gasteiger partial charge >= 0.3 is 0 Å². The third-order valence-corrected chi connectivity index (χ3v) is 6.65. The van der Waals surface area contributed by atoms with Crippen molar-refractivity contribution in [3.05, 3.63) is 134 Å². The average Bonchev–Trinajstić information content (AvgIpc) is 3.38. The average molecular weight is 665 g/mol. The molecule has 4 heteroatoms. The molecule has 0 amide bonds. The smallest absolute Gasteiger partial charge is 0.124 e. The Hall–Kier alpha value is -4.37. The molecule has 8 rings (SSSR count). The predicted octanol–water partition coefficient (Wildman–Crippen LogP) is 8.74. The molecule has 183 valence electrons. The van der Waals surface area contributed by atoms with Crippen LogP contribution in [0.3, 0.4) is 0 Å². The molecule has 3 aromatic heterocycles. The first-order valence-electron chi connectivity index (χ1n) is 12.2. The summed E-state index contributed by atoms with van der Waals surface area (Å²) in [4.78, 5) is 9.03. The minimum absolute atomic E-state index is 0. The minimum Gasteiger partial charge on any atom is -0.476 e. The summed E-state index contributed by atoms with van der Waals surface area (Å²) in [6.07, 6.45) is 3.74. The summed E-state index contributed by atoms with van der Waals surface area (Å²) in [6.45, 7) is 0. The molecule has 0 unspecified atom stereocenters. The zero-order valence-electron chi connectivity index (χ0n) is 20.2. The number of hydrogen-bond donors (Lipinski definition) is 0. The van der Waals surface area contributed by atoms with Crippen LogP contribution in [-0.2, 0) is 20.1 Å². The second-order valence-corrected chi connectivity index (χ2v) is 8.85. The second kappa shape index (κ2) is 10.2. The van der Waals surface area contributed by atoms with Crippen molar-refractivity contribution in [2.75, 3.05) is 0 Å². The predicted molar refractivity (Wildman–Crippen MR) is 150 cm³/mol. The van der Waals surface area contributed by atoms with Gasteiger partial charge in [-0.05, 0) is 50.6 Å². The molecule has 0 bridgehead atoms. The Bertz CT molecular complexity index is 1820. The van der Waals surface area contributed by atoms with Crippen molar-refractivity contribution in [1.82, 2.24) is 9.97 Å². The molecular weight excluding hydrogens is 645 g/mol. The van der Waals surface area contributed by atoms with Crippen LogP contribution in [0.2, 0.25) is 0 Å². The van der Waals surface area contributed by atoms with Crippen LogP contribution in [-0.4, -0.2) is 9.97 Å². The van der Waals surface area contributed by atoms with E-state index in [0.29, 0.717) is 0 Å². The summed E-state index contributed by atoms with van der Waals surface area (Å²) < 4.78 is 5.94. The summed E-state index contributed by atoms with van der Waals surface area (Å²) in [5.74, 6) is 0. The molecule has 3 heterocycles. The quantitative estimate of drug-likeness (QED) is 0.137. The van der Waals surface area contributed by atoms with Crippen molar-refractivity contribution in [1.29, 1.82) is 0 Å². The molecule has 38 heavy (non-hydrogen) atoms. The van der Waals surface area contributed by atoms with E-state index in [1.165, 1.54) is 16.3 Å². The molecule has 1 radical (unpaired) electrons. The maximum Gasteiger partial charge on any atom is 0.124 e. The van der Waals surface area contributed by atoms with Gasteiger partial charge in [0, 0.05) is 32.5 Å². The first kappa shape index (κ1) is 24.0. The minimum atomic E-state index is 0. The third kappa shape index (κ3) is 4.14. The number of nitrogens with zero attached hydrogens (tertiary/aromatic N) is 2. The number of furan rings is 1. The van der Waals surface area contributed by atoms with Gasteiger partial charge in [0.2, 0.25) is 0 Å². The topological polar surface area (TPSA) is 38.9 Å². The number of pyridine rings is 2. The van der Waals surface area contributed by atoms with Gasteiger partial charge in [-0.25, -0.2) is 0 Å². The second-order valence-electron chi connectivity index (χ2n) is 8.85. The van der Waals surface area contributed by atoms with Gasteiger partial charge in [0.15, 0.2) is 0 Å². The monoisotopic (exact) mass is 665 g/mol. The van der Waals surface area contributed by atoms with E-state index in [4.69, 9.17) is 4.42 Å². The van der Waals surface area contributed by atoms with Gasteiger partial charge in [-0.3, -0.25) is 0 Å². The standard InChI is InChI=1S/C17H8NO.C17H12N.Ir/c1-4-10-11-6-3-9-18-17(11)12-5-2-8-14-16(12)15(10)13(7-1)19-14;1-3-7-14(8-4-1)16-11-12-17(18-13-16)15-9-5-2-6-10-15;/h1-4,6-9H;1-9,11-13H;/q2*-1;. The molecule has 8 aromatic rings. The van der Waals surface area contributed by atoms with Crippen LogP contribution in [0.5, 0.6) is 0 Å². The molecule has 0 aliphatic carbocycles. The van der Waals surface area contributed by atoms with Gasteiger partial charge in [0.05, 0.1) is 5.58 Å². The number of rotatable bonds is 2. The van der Waals surface area contributed by atoms with Crippen molar-refractivity contribution in [2.24, 2.45) is 0 Å².